The fraction of sp³-hybridized carbons (Fsp3) is 0.312. The van der Waals surface area contributed by atoms with Gasteiger partial charge in [-0.15, -0.1) is 0 Å². The lowest BCUT2D eigenvalue weighted by Gasteiger charge is -2.25. The normalized spacial score (nSPS) is 16.4. The van der Waals surface area contributed by atoms with E-state index in [9.17, 15) is 9.59 Å². The Morgan fingerprint density at radius 1 is 1.21 bits per heavy atom. The maximum absolute atomic E-state index is 12.3. The van der Waals surface area contributed by atoms with E-state index in [2.05, 4.69) is 21.2 Å². The van der Waals surface area contributed by atoms with Crippen LogP contribution in [0.3, 0.4) is 0 Å². The van der Waals surface area contributed by atoms with Gasteiger partial charge in [0.05, 0.1) is 17.7 Å². The van der Waals surface area contributed by atoms with E-state index in [1.807, 2.05) is 13.8 Å². The molecular weight excluding hydrogens is 396 g/mol. The number of likely N-dealkylation sites (N-methyl/N-ethyl adjacent to an activating group) is 1. The van der Waals surface area contributed by atoms with Crippen molar-refractivity contribution in [3.8, 4) is 11.5 Å². The second-order valence-electron chi connectivity index (χ2n) is 4.87. The number of ether oxygens (including phenoxy) is 2. The highest BCUT2D eigenvalue weighted by Crippen LogP contribution is 2.34. The number of carbonyl (C=O) groups is 2. The van der Waals surface area contributed by atoms with Crippen molar-refractivity contribution in [3.63, 3.8) is 0 Å². The zero-order chi connectivity index (χ0) is 17.9. The third kappa shape index (κ3) is 3.76. The smallest absolute Gasteiger partial charge is 0.265 e. The summed E-state index contributed by atoms with van der Waals surface area (Å²) in [4.78, 5) is 25.6. The van der Waals surface area contributed by atoms with Crippen LogP contribution >= 0.6 is 28.1 Å². The third-order valence-electron chi connectivity index (χ3n) is 3.27. The summed E-state index contributed by atoms with van der Waals surface area (Å²) in [6.07, 6.45) is 1.49. The van der Waals surface area contributed by atoms with Crippen LogP contribution < -0.4 is 14.8 Å². The van der Waals surface area contributed by atoms with Gasteiger partial charge in [0.15, 0.2) is 5.11 Å². The predicted molar refractivity (Wildman–Crippen MR) is 98.0 cm³/mol. The molecule has 24 heavy (non-hydrogen) atoms. The monoisotopic (exact) mass is 412 g/mol. The first-order valence-corrected chi connectivity index (χ1v) is 8.53. The maximum Gasteiger partial charge on any atom is 0.265 e. The Hall–Kier alpha value is -1.93. The minimum atomic E-state index is -0.532. The molecule has 1 saturated heterocycles. The van der Waals surface area contributed by atoms with Gasteiger partial charge in [0.1, 0.15) is 17.1 Å². The molecule has 0 bridgehead atoms. The lowest BCUT2D eigenvalue weighted by Crippen LogP contribution is -2.52. The summed E-state index contributed by atoms with van der Waals surface area (Å²) < 4.78 is 11.8. The minimum Gasteiger partial charge on any atom is -0.493 e. The maximum atomic E-state index is 12.3. The largest absolute Gasteiger partial charge is 0.493 e. The van der Waals surface area contributed by atoms with E-state index in [1.165, 1.54) is 18.0 Å². The molecule has 1 aliphatic rings. The van der Waals surface area contributed by atoms with Gasteiger partial charge < -0.3 is 9.47 Å². The summed E-state index contributed by atoms with van der Waals surface area (Å²) in [6, 6.07) is 3.47. The average Bonchev–Trinajstić information content (AvgIpc) is 2.53. The molecule has 128 valence electrons. The minimum absolute atomic E-state index is 0.0110. The summed E-state index contributed by atoms with van der Waals surface area (Å²) in [5.41, 5.74) is 0.579. The van der Waals surface area contributed by atoms with Crippen LogP contribution in [0.2, 0.25) is 0 Å². The fourth-order valence-corrected chi connectivity index (χ4v) is 2.76. The van der Waals surface area contributed by atoms with Crippen molar-refractivity contribution < 1.29 is 19.1 Å². The number of halogens is 1. The molecule has 0 unspecified atom stereocenters. The fourth-order valence-electron chi connectivity index (χ4n) is 2.11. The molecule has 1 aliphatic heterocycles. The lowest BCUT2D eigenvalue weighted by atomic mass is 10.1. The van der Waals surface area contributed by atoms with Gasteiger partial charge in [0.25, 0.3) is 11.8 Å². The number of thiocarbonyl (C=S) groups is 1. The zero-order valence-corrected chi connectivity index (χ0v) is 15.9. The number of rotatable bonds is 5. The van der Waals surface area contributed by atoms with Gasteiger partial charge in [-0.05, 0) is 54.1 Å². The number of hydrogen-bond donors (Lipinski definition) is 1. The number of hydrogen-bond acceptors (Lipinski definition) is 5. The van der Waals surface area contributed by atoms with Crippen LogP contribution in [0, 0.1) is 0 Å². The lowest BCUT2D eigenvalue weighted by molar-refractivity contribution is -0.128. The second kappa shape index (κ2) is 7.76. The molecule has 6 nitrogen and oxygen atoms in total. The van der Waals surface area contributed by atoms with Crippen molar-refractivity contribution in [2.24, 2.45) is 0 Å². The molecule has 0 atom stereocenters. The molecule has 8 heteroatoms. The van der Waals surface area contributed by atoms with Gasteiger partial charge in [-0.3, -0.25) is 19.8 Å². The molecule has 2 amide bonds. The molecule has 2 rings (SSSR count). The van der Waals surface area contributed by atoms with Crippen LogP contribution in [-0.2, 0) is 9.59 Å². The first kappa shape index (κ1) is 18.4. The van der Waals surface area contributed by atoms with E-state index < -0.39 is 11.8 Å². The van der Waals surface area contributed by atoms with Gasteiger partial charge in [-0.25, -0.2) is 0 Å². The van der Waals surface area contributed by atoms with Crippen LogP contribution in [0.5, 0.6) is 11.5 Å². The Balaban J connectivity index is 2.50. The van der Waals surface area contributed by atoms with Gasteiger partial charge in [-0.2, -0.15) is 0 Å². The summed E-state index contributed by atoms with van der Waals surface area (Å²) in [7, 11) is 1.51. The number of carbonyl (C=O) groups excluding carboxylic acids is 2. The van der Waals surface area contributed by atoms with E-state index in [4.69, 9.17) is 21.7 Å². The Kier molecular flexibility index (Phi) is 5.95. The Morgan fingerprint density at radius 3 is 2.46 bits per heavy atom. The highest BCUT2D eigenvalue weighted by atomic mass is 79.9. The van der Waals surface area contributed by atoms with Crippen molar-refractivity contribution >= 4 is 51.2 Å². The van der Waals surface area contributed by atoms with Crippen molar-refractivity contribution in [3.05, 3.63) is 27.7 Å². The number of nitrogens with zero attached hydrogens (tertiary/aromatic N) is 1. The molecule has 1 fully saturated rings. The summed E-state index contributed by atoms with van der Waals surface area (Å²) in [5, 5.41) is 2.56. The topological polar surface area (TPSA) is 67.9 Å². The summed E-state index contributed by atoms with van der Waals surface area (Å²) in [6.45, 7) is 4.68. The van der Waals surface area contributed by atoms with Crippen molar-refractivity contribution in [1.82, 2.24) is 10.2 Å². The zero-order valence-electron chi connectivity index (χ0n) is 13.5. The van der Waals surface area contributed by atoms with Crippen LogP contribution in [-0.4, -0.2) is 42.1 Å². The molecule has 0 saturated carbocycles. The molecule has 0 aromatic heterocycles. The molecule has 0 aliphatic carbocycles. The van der Waals surface area contributed by atoms with E-state index in [0.29, 0.717) is 34.7 Å². The van der Waals surface area contributed by atoms with E-state index in [-0.39, 0.29) is 10.7 Å². The molecule has 1 aromatic rings. The summed E-state index contributed by atoms with van der Waals surface area (Å²) >= 11 is 8.36. The highest BCUT2D eigenvalue weighted by Gasteiger charge is 2.31. The van der Waals surface area contributed by atoms with E-state index in [1.54, 1.807) is 12.1 Å². The standard InChI is InChI=1S/C16H17BrN2O4S/c1-4-22-12-8-13(23-5-2)11(17)7-9(12)6-10-14(20)18-16(24)19(3)15(10)21/h6-8H,4-5H2,1-3H3,(H,18,20,24)/b10-6-. The summed E-state index contributed by atoms with van der Waals surface area (Å²) in [5.74, 6) is 0.153. The molecule has 1 heterocycles. The Morgan fingerprint density at radius 2 is 1.83 bits per heavy atom. The van der Waals surface area contributed by atoms with Crippen LogP contribution in [0.4, 0.5) is 0 Å². The number of benzene rings is 1. The molecule has 0 radical (unpaired) electrons. The molecule has 1 aromatic carbocycles. The molecule has 1 N–H and O–H groups in total. The SMILES string of the molecule is CCOc1cc(OCC)c(/C=C2/C(=O)NC(=S)N(C)C2=O)cc1Br. The molecular formula is C16H17BrN2O4S. The third-order valence-corrected chi connectivity index (χ3v) is 4.26. The van der Waals surface area contributed by atoms with Crippen molar-refractivity contribution in [2.45, 2.75) is 13.8 Å². The first-order valence-electron chi connectivity index (χ1n) is 7.33. The highest BCUT2D eigenvalue weighted by molar-refractivity contribution is 9.10. The quantitative estimate of drug-likeness (QED) is 0.457. The van der Waals surface area contributed by atoms with Gasteiger partial charge in [-0.1, -0.05) is 0 Å². The van der Waals surface area contributed by atoms with Crippen molar-refractivity contribution in [2.75, 3.05) is 20.3 Å². The predicted octanol–water partition coefficient (Wildman–Crippen LogP) is 2.50. The number of amides is 2. The van der Waals surface area contributed by atoms with Crippen LogP contribution in [0.15, 0.2) is 22.2 Å². The second-order valence-corrected chi connectivity index (χ2v) is 6.11. The van der Waals surface area contributed by atoms with E-state index in [0.717, 1.165) is 0 Å². The Labute approximate surface area is 153 Å². The Bertz CT molecular complexity index is 733. The van der Waals surface area contributed by atoms with Gasteiger partial charge in [0.2, 0.25) is 0 Å². The molecule has 0 spiro atoms. The van der Waals surface area contributed by atoms with Crippen LogP contribution in [0.25, 0.3) is 6.08 Å². The number of nitrogens with one attached hydrogen (secondary N) is 1. The van der Waals surface area contributed by atoms with E-state index >= 15 is 0 Å². The van der Waals surface area contributed by atoms with Gasteiger partial charge >= 0.3 is 0 Å². The van der Waals surface area contributed by atoms with Crippen LogP contribution in [0.1, 0.15) is 19.4 Å². The first-order chi connectivity index (χ1) is 11.4. The van der Waals surface area contributed by atoms with Gasteiger partial charge in [0, 0.05) is 18.7 Å². The van der Waals surface area contributed by atoms with Crippen molar-refractivity contribution in [1.29, 1.82) is 0 Å². The average molecular weight is 413 g/mol.